The van der Waals surface area contributed by atoms with Gasteiger partial charge >= 0.3 is 0 Å². The Kier molecular flexibility index (Phi) is 6.63. The van der Waals surface area contributed by atoms with Crippen LogP contribution in [0.4, 0.5) is 0 Å². The molecule has 1 aromatic carbocycles. The molecule has 0 aromatic heterocycles. The third-order valence-corrected chi connectivity index (χ3v) is 3.44. The van der Waals surface area contributed by atoms with Gasteiger partial charge in [-0.15, -0.1) is 0 Å². The molecule has 0 saturated carbocycles. The van der Waals surface area contributed by atoms with Crippen molar-refractivity contribution in [2.45, 2.75) is 32.8 Å². The van der Waals surface area contributed by atoms with E-state index in [0.29, 0.717) is 29.4 Å². The lowest BCUT2D eigenvalue weighted by Crippen LogP contribution is -2.32. The standard InChI is InChI=1S/C14H19Cl2NO2/c1-9(14(19)17-6-5-10(2)18)7-11-3-4-12(15)8-13(11)16/h3-4,8-10,18H,5-7H2,1-2H3,(H,17,19). The maximum atomic E-state index is 11.8. The molecule has 5 heteroatoms. The minimum absolute atomic E-state index is 0.0355. The lowest BCUT2D eigenvalue weighted by molar-refractivity contribution is -0.124. The van der Waals surface area contributed by atoms with Gasteiger partial charge in [-0.1, -0.05) is 36.2 Å². The Labute approximate surface area is 123 Å². The molecule has 1 rings (SSSR count). The van der Waals surface area contributed by atoms with Gasteiger partial charge in [0.25, 0.3) is 0 Å². The monoisotopic (exact) mass is 303 g/mol. The lowest BCUT2D eigenvalue weighted by atomic mass is 10.0. The van der Waals surface area contributed by atoms with E-state index in [9.17, 15) is 4.79 Å². The summed E-state index contributed by atoms with van der Waals surface area (Å²) in [5, 5.41) is 13.1. The number of rotatable bonds is 6. The second-order valence-electron chi connectivity index (χ2n) is 4.77. The summed E-state index contributed by atoms with van der Waals surface area (Å²) < 4.78 is 0. The molecule has 2 atom stereocenters. The largest absolute Gasteiger partial charge is 0.393 e. The van der Waals surface area contributed by atoms with Crippen LogP contribution >= 0.6 is 23.2 Å². The highest BCUT2D eigenvalue weighted by Gasteiger charge is 2.15. The van der Waals surface area contributed by atoms with Gasteiger partial charge < -0.3 is 10.4 Å². The number of carbonyl (C=O) groups is 1. The van der Waals surface area contributed by atoms with Crippen molar-refractivity contribution >= 4 is 29.1 Å². The van der Waals surface area contributed by atoms with Crippen molar-refractivity contribution in [3.05, 3.63) is 33.8 Å². The Hall–Kier alpha value is -0.770. The summed E-state index contributed by atoms with van der Waals surface area (Å²) in [6.07, 6.45) is 0.720. The quantitative estimate of drug-likeness (QED) is 0.848. The van der Waals surface area contributed by atoms with Gasteiger partial charge in [-0.3, -0.25) is 4.79 Å². The molecule has 1 aromatic rings. The van der Waals surface area contributed by atoms with E-state index in [1.165, 1.54) is 0 Å². The van der Waals surface area contributed by atoms with Gasteiger partial charge in [-0.25, -0.2) is 0 Å². The van der Waals surface area contributed by atoms with Crippen LogP contribution in [-0.4, -0.2) is 23.7 Å². The van der Waals surface area contributed by atoms with Crippen LogP contribution in [0.2, 0.25) is 10.0 Å². The van der Waals surface area contributed by atoms with Crippen molar-refractivity contribution in [1.29, 1.82) is 0 Å². The zero-order valence-electron chi connectivity index (χ0n) is 11.1. The number of halogens is 2. The third kappa shape index (κ3) is 5.81. The van der Waals surface area contributed by atoms with Crippen LogP contribution in [0.5, 0.6) is 0 Å². The van der Waals surface area contributed by atoms with Crippen molar-refractivity contribution in [3.63, 3.8) is 0 Å². The first kappa shape index (κ1) is 16.3. The van der Waals surface area contributed by atoms with E-state index >= 15 is 0 Å². The summed E-state index contributed by atoms with van der Waals surface area (Å²) in [6, 6.07) is 5.28. The van der Waals surface area contributed by atoms with Crippen LogP contribution in [0.15, 0.2) is 18.2 Å². The van der Waals surface area contributed by atoms with Crippen LogP contribution in [0.25, 0.3) is 0 Å². The third-order valence-electron chi connectivity index (χ3n) is 2.85. The molecule has 106 valence electrons. The smallest absolute Gasteiger partial charge is 0.223 e. The number of benzene rings is 1. The molecule has 0 aliphatic heterocycles. The Balaban J connectivity index is 2.49. The molecule has 0 radical (unpaired) electrons. The number of hydrogen-bond donors (Lipinski definition) is 2. The topological polar surface area (TPSA) is 49.3 Å². The van der Waals surface area contributed by atoms with Crippen molar-refractivity contribution in [3.8, 4) is 0 Å². The number of aliphatic hydroxyl groups is 1. The Bertz CT molecular complexity index is 435. The highest BCUT2D eigenvalue weighted by molar-refractivity contribution is 6.35. The molecule has 0 spiro atoms. The summed E-state index contributed by atoms with van der Waals surface area (Å²) in [5.41, 5.74) is 0.907. The van der Waals surface area contributed by atoms with Crippen molar-refractivity contribution in [2.24, 2.45) is 5.92 Å². The number of hydrogen-bond acceptors (Lipinski definition) is 2. The van der Waals surface area contributed by atoms with E-state index in [0.717, 1.165) is 5.56 Å². The van der Waals surface area contributed by atoms with Gasteiger partial charge in [-0.2, -0.15) is 0 Å². The molecule has 3 nitrogen and oxygen atoms in total. The first-order chi connectivity index (χ1) is 8.90. The highest BCUT2D eigenvalue weighted by atomic mass is 35.5. The van der Waals surface area contributed by atoms with Crippen LogP contribution in [0.3, 0.4) is 0 Å². The fourth-order valence-electron chi connectivity index (χ4n) is 1.69. The molecule has 2 unspecified atom stereocenters. The minimum Gasteiger partial charge on any atom is -0.393 e. The van der Waals surface area contributed by atoms with Crippen LogP contribution < -0.4 is 5.32 Å². The van der Waals surface area contributed by atoms with Gasteiger partial charge in [-0.05, 0) is 37.5 Å². The predicted molar refractivity (Wildman–Crippen MR) is 78.6 cm³/mol. The first-order valence-electron chi connectivity index (χ1n) is 6.30. The van der Waals surface area contributed by atoms with E-state index in [2.05, 4.69) is 5.32 Å². The average molecular weight is 304 g/mol. The van der Waals surface area contributed by atoms with Gasteiger partial charge in [0, 0.05) is 22.5 Å². The first-order valence-corrected chi connectivity index (χ1v) is 7.05. The fraction of sp³-hybridized carbons (Fsp3) is 0.500. The summed E-state index contributed by atoms with van der Waals surface area (Å²) >= 11 is 11.9. The molecular weight excluding hydrogens is 285 g/mol. The SMILES string of the molecule is CC(O)CCNC(=O)C(C)Cc1ccc(Cl)cc1Cl. The number of carbonyl (C=O) groups excluding carboxylic acids is 1. The molecule has 0 heterocycles. The summed E-state index contributed by atoms with van der Waals surface area (Å²) in [4.78, 5) is 11.8. The van der Waals surface area contributed by atoms with E-state index in [4.69, 9.17) is 28.3 Å². The van der Waals surface area contributed by atoms with Crippen molar-refractivity contribution in [2.75, 3.05) is 6.54 Å². The molecule has 0 aliphatic rings. The van der Waals surface area contributed by atoms with Gasteiger partial charge in [0.1, 0.15) is 0 Å². The molecular formula is C14H19Cl2NO2. The predicted octanol–water partition coefficient (Wildman–Crippen LogP) is 3.06. The Morgan fingerprint density at radius 2 is 2.05 bits per heavy atom. The van der Waals surface area contributed by atoms with Crippen molar-refractivity contribution < 1.29 is 9.90 Å². The lowest BCUT2D eigenvalue weighted by Gasteiger charge is -2.14. The van der Waals surface area contributed by atoms with E-state index in [1.807, 2.05) is 13.0 Å². The number of nitrogens with one attached hydrogen (secondary N) is 1. The van der Waals surface area contributed by atoms with Crippen LogP contribution in [-0.2, 0) is 11.2 Å². The van der Waals surface area contributed by atoms with Gasteiger partial charge in [0.15, 0.2) is 0 Å². The molecule has 0 bridgehead atoms. The molecule has 19 heavy (non-hydrogen) atoms. The summed E-state index contributed by atoms with van der Waals surface area (Å²) in [7, 11) is 0. The van der Waals surface area contributed by atoms with Gasteiger partial charge in [0.05, 0.1) is 6.10 Å². The second-order valence-corrected chi connectivity index (χ2v) is 5.61. The number of amides is 1. The van der Waals surface area contributed by atoms with Crippen LogP contribution in [0, 0.1) is 5.92 Å². The highest BCUT2D eigenvalue weighted by Crippen LogP contribution is 2.23. The Morgan fingerprint density at radius 1 is 1.37 bits per heavy atom. The van der Waals surface area contributed by atoms with E-state index < -0.39 is 6.10 Å². The maximum Gasteiger partial charge on any atom is 0.223 e. The zero-order valence-corrected chi connectivity index (χ0v) is 12.6. The minimum atomic E-state index is -0.402. The molecule has 1 amide bonds. The summed E-state index contributed by atoms with van der Waals surface area (Å²) in [5.74, 6) is -0.209. The molecule has 0 fully saturated rings. The normalized spacial score (nSPS) is 13.9. The summed E-state index contributed by atoms with van der Waals surface area (Å²) in [6.45, 7) is 4.03. The molecule has 0 saturated heterocycles. The zero-order chi connectivity index (χ0) is 14.4. The van der Waals surface area contributed by atoms with E-state index in [-0.39, 0.29) is 11.8 Å². The number of aliphatic hydroxyl groups excluding tert-OH is 1. The second kappa shape index (κ2) is 7.73. The fourth-order valence-corrected chi connectivity index (χ4v) is 2.17. The van der Waals surface area contributed by atoms with Crippen molar-refractivity contribution in [1.82, 2.24) is 5.32 Å². The molecule has 2 N–H and O–H groups in total. The maximum absolute atomic E-state index is 11.8. The van der Waals surface area contributed by atoms with Gasteiger partial charge in [0.2, 0.25) is 5.91 Å². The molecule has 0 aliphatic carbocycles. The van der Waals surface area contributed by atoms with E-state index in [1.54, 1.807) is 19.1 Å². The average Bonchev–Trinajstić information content (AvgIpc) is 2.32. The van der Waals surface area contributed by atoms with Crippen LogP contribution in [0.1, 0.15) is 25.8 Å². The Morgan fingerprint density at radius 3 is 2.63 bits per heavy atom.